The molecule has 7 heteroatoms. The average Bonchev–Trinajstić information content (AvgIpc) is 3.19. The first-order valence-electron chi connectivity index (χ1n) is 9.95. The SMILES string of the molecule is CN1CC2(CCNCC2)CC1C(=O)N1CCN(Cc2nccn2C)CC1. The summed E-state index contributed by atoms with van der Waals surface area (Å²) in [5, 5.41) is 3.46. The van der Waals surface area contributed by atoms with E-state index in [-0.39, 0.29) is 6.04 Å². The zero-order chi connectivity index (χ0) is 18.1. The normalized spacial score (nSPS) is 27.3. The summed E-state index contributed by atoms with van der Waals surface area (Å²) < 4.78 is 2.07. The van der Waals surface area contributed by atoms with Crippen molar-refractivity contribution in [2.75, 3.05) is 52.9 Å². The number of likely N-dealkylation sites (tertiary alicyclic amines) is 1. The minimum atomic E-state index is 0.0780. The summed E-state index contributed by atoms with van der Waals surface area (Å²) in [6.45, 7) is 7.68. The summed E-state index contributed by atoms with van der Waals surface area (Å²) in [5.41, 5.74) is 0.361. The van der Waals surface area contributed by atoms with Gasteiger partial charge in [-0.25, -0.2) is 4.98 Å². The van der Waals surface area contributed by atoms with Crippen LogP contribution in [-0.2, 0) is 18.4 Å². The number of aromatic nitrogens is 2. The highest BCUT2D eigenvalue weighted by Gasteiger charge is 2.46. The van der Waals surface area contributed by atoms with Crippen molar-refractivity contribution in [1.29, 1.82) is 0 Å². The monoisotopic (exact) mass is 360 g/mol. The molecule has 0 aromatic carbocycles. The first kappa shape index (κ1) is 17.9. The molecule has 1 spiro atoms. The van der Waals surface area contributed by atoms with Crippen LogP contribution in [0.15, 0.2) is 12.4 Å². The Morgan fingerprint density at radius 3 is 2.62 bits per heavy atom. The van der Waals surface area contributed by atoms with Gasteiger partial charge in [0.25, 0.3) is 0 Å². The second-order valence-corrected chi connectivity index (χ2v) is 8.44. The molecule has 26 heavy (non-hydrogen) atoms. The Balaban J connectivity index is 1.31. The summed E-state index contributed by atoms with van der Waals surface area (Å²) in [7, 11) is 4.17. The van der Waals surface area contributed by atoms with Gasteiger partial charge >= 0.3 is 0 Å². The van der Waals surface area contributed by atoms with Crippen molar-refractivity contribution in [1.82, 2.24) is 29.6 Å². The van der Waals surface area contributed by atoms with Crippen molar-refractivity contribution in [3.8, 4) is 0 Å². The molecule has 4 rings (SSSR count). The second-order valence-electron chi connectivity index (χ2n) is 8.44. The summed E-state index contributed by atoms with van der Waals surface area (Å²) in [6.07, 6.45) is 7.29. The minimum Gasteiger partial charge on any atom is -0.339 e. The molecular weight excluding hydrogens is 328 g/mol. The summed E-state index contributed by atoms with van der Waals surface area (Å²) >= 11 is 0. The number of piperidine rings is 1. The predicted molar refractivity (Wildman–Crippen MR) is 101 cm³/mol. The maximum atomic E-state index is 13.1. The van der Waals surface area contributed by atoms with Crippen LogP contribution >= 0.6 is 0 Å². The Morgan fingerprint density at radius 1 is 1.23 bits per heavy atom. The molecule has 1 aromatic heterocycles. The van der Waals surface area contributed by atoms with E-state index in [0.717, 1.165) is 64.6 Å². The van der Waals surface area contributed by atoms with E-state index < -0.39 is 0 Å². The Labute approximate surface area is 156 Å². The van der Waals surface area contributed by atoms with Crippen molar-refractivity contribution in [2.24, 2.45) is 12.5 Å². The molecule has 4 heterocycles. The fourth-order valence-corrected chi connectivity index (χ4v) is 4.95. The van der Waals surface area contributed by atoms with Gasteiger partial charge in [-0.3, -0.25) is 14.6 Å². The third-order valence-corrected chi connectivity index (χ3v) is 6.66. The third kappa shape index (κ3) is 3.52. The number of imidazole rings is 1. The van der Waals surface area contributed by atoms with Crippen LogP contribution in [0.4, 0.5) is 0 Å². The Bertz CT molecular complexity index is 630. The molecule has 1 amide bonds. The number of likely N-dealkylation sites (N-methyl/N-ethyl adjacent to an activating group) is 1. The fourth-order valence-electron chi connectivity index (χ4n) is 4.95. The number of carbonyl (C=O) groups excluding carboxylic acids is 1. The highest BCUT2D eigenvalue weighted by molar-refractivity contribution is 5.82. The van der Waals surface area contributed by atoms with Crippen LogP contribution < -0.4 is 5.32 Å². The molecule has 0 aliphatic carbocycles. The zero-order valence-electron chi connectivity index (χ0n) is 16.2. The van der Waals surface area contributed by atoms with Crippen LogP contribution in [0, 0.1) is 5.41 Å². The van der Waals surface area contributed by atoms with E-state index in [9.17, 15) is 4.79 Å². The molecule has 1 atom stereocenters. The molecule has 3 saturated heterocycles. The molecule has 7 nitrogen and oxygen atoms in total. The van der Waals surface area contributed by atoms with Crippen LogP contribution in [0.3, 0.4) is 0 Å². The number of nitrogens with one attached hydrogen (secondary N) is 1. The number of carbonyl (C=O) groups is 1. The number of nitrogens with zero attached hydrogens (tertiary/aromatic N) is 5. The molecule has 144 valence electrons. The maximum Gasteiger partial charge on any atom is 0.240 e. The molecule has 0 bridgehead atoms. The van der Waals surface area contributed by atoms with E-state index in [1.54, 1.807) is 0 Å². The summed E-state index contributed by atoms with van der Waals surface area (Å²) in [6, 6.07) is 0.0780. The van der Waals surface area contributed by atoms with Crippen molar-refractivity contribution in [2.45, 2.75) is 31.8 Å². The molecular formula is C19H32N6O. The number of aryl methyl sites for hydroxylation is 1. The average molecular weight is 361 g/mol. The van der Waals surface area contributed by atoms with Crippen molar-refractivity contribution >= 4 is 5.91 Å². The van der Waals surface area contributed by atoms with E-state index in [1.165, 1.54) is 12.8 Å². The highest BCUT2D eigenvalue weighted by Crippen LogP contribution is 2.41. The van der Waals surface area contributed by atoms with E-state index in [4.69, 9.17) is 0 Å². The number of hydrogen-bond donors (Lipinski definition) is 1. The molecule has 1 aromatic rings. The second kappa shape index (κ2) is 7.29. The van der Waals surface area contributed by atoms with E-state index in [0.29, 0.717) is 11.3 Å². The summed E-state index contributed by atoms with van der Waals surface area (Å²) in [5.74, 6) is 1.44. The third-order valence-electron chi connectivity index (χ3n) is 6.66. The fraction of sp³-hybridized carbons (Fsp3) is 0.789. The molecule has 3 aliphatic rings. The Kier molecular flexibility index (Phi) is 5.03. The van der Waals surface area contributed by atoms with E-state index in [1.807, 2.05) is 19.4 Å². The lowest BCUT2D eigenvalue weighted by Crippen LogP contribution is -2.53. The van der Waals surface area contributed by atoms with Gasteiger partial charge in [-0.2, -0.15) is 0 Å². The van der Waals surface area contributed by atoms with Crippen molar-refractivity contribution < 1.29 is 4.79 Å². The van der Waals surface area contributed by atoms with Crippen molar-refractivity contribution in [3.05, 3.63) is 18.2 Å². The van der Waals surface area contributed by atoms with Gasteiger partial charge in [0.05, 0.1) is 12.6 Å². The number of rotatable bonds is 3. The first-order chi connectivity index (χ1) is 12.6. The van der Waals surface area contributed by atoms with Gasteiger partial charge in [-0.1, -0.05) is 0 Å². The molecule has 1 unspecified atom stereocenters. The predicted octanol–water partition coefficient (Wildman–Crippen LogP) is 0.138. The van der Waals surface area contributed by atoms with Crippen LogP contribution in [0.2, 0.25) is 0 Å². The molecule has 0 saturated carbocycles. The lowest BCUT2D eigenvalue weighted by Gasteiger charge is -2.37. The maximum absolute atomic E-state index is 13.1. The quantitative estimate of drug-likeness (QED) is 0.831. The Hall–Kier alpha value is -1.44. The largest absolute Gasteiger partial charge is 0.339 e. The number of piperazine rings is 1. The van der Waals surface area contributed by atoms with Crippen LogP contribution in [0.1, 0.15) is 25.1 Å². The van der Waals surface area contributed by atoms with Gasteiger partial charge in [0.2, 0.25) is 5.91 Å². The van der Waals surface area contributed by atoms with Gasteiger partial charge in [-0.15, -0.1) is 0 Å². The topological polar surface area (TPSA) is 56.6 Å². The standard InChI is InChI=1S/C19H32N6O/c1-22-8-7-21-17(22)14-24-9-11-25(12-10-24)18(26)16-13-19(15-23(16)2)3-5-20-6-4-19/h7-8,16,20H,3-6,9-15H2,1-2H3. The molecule has 1 N–H and O–H groups in total. The lowest BCUT2D eigenvalue weighted by atomic mass is 9.77. The van der Waals surface area contributed by atoms with E-state index >= 15 is 0 Å². The molecule has 3 aliphatic heterocycles. The van der Waals surface area contributed by atoms with Gasteiger partial charge < -0.3 is 14.8 Å². The van der Waals surface area contributed by atoms with Gasteiger partial charge in [0.15, 0.2) is 0 Å². The highest BCUT2D eigenvalue weighted by atomic mass is 16.2. The minimum absolute atomic E-state index is 0.0780. The van der Waals surface area contributed by atoms with Crippen molar-refractivity contribution in [3.63, 3.8) is 0 Å². The van der Waals surface area contributed by atoms with Gasteiger partial charge in [0, 0.05) is 52.2 Å². The summed E-state index contributed by atoms with van der Waals surface area (Å²) in [4.78, 5) is 24.4. The first-order valence-corrected chi connectivity index (χ1v) is 9.95. The van der Waals surface area contributed by atoms with Crippen LogP contribution in [0.25, 0.3) is 0 Å². The lowest BCUT2D eigenvalue weighted by molar-refractivity contribution is -0.137. The van der Waals surface area contributed by atoms with Crippen LogP contribution in [0.5, 0.6) is 0 Å². The Morgan fingerprint density at radius 2 is 1.96 bits per heavy atom. The van der Waals surface area contributed by atoms with Crippen LogP contribution in [-0.4, -0.2) is 89.1 Å². The number of amides is 1. The van der Waals surface area contributed by atoms with Gasteiger partial charge in [-0.05, 0) is 44.8 Å². The molecule has 0 radical (unpaired) electrons. The molecule has 3 fully saturated rings. The smallest absolute Gasteiger partial charge is 0.240 e. The zero-order valence-corrected chi connectivity index (χ0v) is 16.2. The van der Waals surface area contributed by atoms with E-state index in [2.05, 4.69) is 36.6 Å². The van der Waals surface area contributed by atoms with Gasteiger partial charge in [0.1, 0.15) is 5.82 Å². The number of hydrogen-bond acceptors (Lipinski definition) is 5.